The highest BCUT2D eigenvalue weighted by molar-refractivity contribution is 6.30. The van der Waals surface area contributed by atoms with Crippen LogP contribution in [0.15, 0.2) is 54.6 Å². The first-order valence-electron chi connectivity index (χ1n) is 7.32. The lowest BCUT2D eigenvalue weighted by atomic mass is 10.2. The fourth-order valence-electron chi connectivity index (χ4n) is 2.13. The third kappa shape index (κ3) is 4.71. The lowest BCUT2D eigenvalue weighted by Gasteiger charge is -2.28. The van der Waals surface area contributed by atoms with E-state index in [4.69, 9.17) is 16.8 Å². The first-order chi connectivity index (χ1) is 11.5. The van der Waals surface area contributed by atoms with Gasteiger partial charge in [0.1, 0.15) is 6.04 Å². The zero-order valence-electron chi connectivity index (χ0n) is 13.1. The van der Waals surface area contributed by atoms with Gasteiger partial charge < -0.3 is 10.2 Å². The normalized spacial score (nSPS) is 11.5. The van der Waals surface area contributed by atoms with Crippen molar-refractivity contribution >= 4 is 29.2 Å². The molecule has 1 atom stereocenters. The number of nitrogens with one attached hydrogen (secondary N) is 2. The Bertz CT molecular complexity index is 692. The zero-order chi connectivity index (χ0) is 17.5. The summed E-state index contributed by atoms with van der Waals surface area (Å²) in [5, 5.41) is 12.1. The molecule has 0 aliphatic carbocycles. The van der Waals surface area contributed by atoms with Crippen molar-refractivity contribution in [1.82, 2.24) is 10.4 Å². The van der Waals surface area contributed by atoms with E-state index < -0.39 is 18.0 Å². The van der Waals surface area contributed by atoms with Crippen molar-refractivity contribution in [3.8, 4) is 0 Å². The van der Waals surface area contributed by atoms with Crippen LogP contribution in [0.1, 0.15) is 12.5 Å². The van der Waals surface area contributed by atoms with Gasteiger partial charge in [-0.2, -0.15) is 0 Å². The second-order valence-corrected chi connectivity index (χ2v) is 5.64. The van der Waals surface area contributed by atoms with E-state index in [0.29, 0.717) is 10.7 Å². The number of halogens is 1. The number of anilines is 1. The SMILES string of the molecule is C[C@@H](C(=O)NO)N(Cc1ccccc1)C(=O)Nc1ccc(Cl)cc1. The molecule has 24 heavy (non-hydrogen) atoms. The van der Waals surface area contributed by atoms with E-state index in [-0.39, 0.29) is 6.54 Å². The van der Waals surface area contributed by atoms with Crippen LogP contribution in [0.5, 0.6) is 0 Å². The molecule has 2 rings (SSSR count). The third-order valence-electron chi connectivity index (χ3n) is 3.51. The van der Waals surface area contributed by atoms with Gasteiger partial charge in [-0.15, -0.1) is 0 Å². The summed E-state index contributed by atoms with van der Waals surface area (Å²) in [5.41, 5.74) is 3.00. The number of nitrogens with zero attached hydrogens (tertiary/aromatic N) is 1. The lowest BCUT2D eigenvalue weighted by Crippen LogP contribution is -2.48. The van der Waals surface area contributed by atoms with Gasteiger partial charge in [0.05, 0.1) is 0 Å². The van der Waals surface area contributed by atoms with Crippen molar-refractivity contribution in [3.05, 3.63) is 65.2 Å². The van der Waals surface area contributed by atoms with E-state index in [1.165, 1.54) is 11.8 Å². The summed E-state index contributed by atoms with van der Waals surface area (Å²) in [6, 6.07) is 14.6. The quantitative estimate of drug-likeness (QED) is 0.573. The van der Waals surface area contributed by atoms with Crippen LogP contribution in [0.2, 0.25) is 5.02 Å². The molecular weight excluding hydrogens is 330 g/mol. The van der Waals surface area contributed by atoms with Crippen LogP contribution in [0.4, 0.5) is 10.5 Å². The van der Waals surface area contributed by atoms with Crippen molar-refractivity contribution in [1.29, 1.82) is 0 Å². The van der Waals surface area contributed by atoms with Crippen LogP contribution in [-0.2, 0) is 11.3 Å². The molecule has 3 N–H and O–H groups in total. The number of hydroxylamine groups is 1. The first kappa shape index (κ1) is 17.8. The molecule has 0 aromatic heterocycles. The van der Waals surface area contributed by atoms with Gasteiger partial charge in [-0.3, -0.25) is 10.0 Å². The Balaban J connectivity index is 2.18. The largest absolute Gasteiger partial charge is 0.322 e. The summed E-state index contributed by atoms with van der Waals surface area (Å²) >= 11 is 5.83. The van der Waals surface area contributed by atoms with Crippen LogP contribution in [0.25, 0.3) is 0 Å². The Morgan fingerprint density at radius 2 is 1.75 bits per heavy atom. The van der Waals surface area contributed by atoms with Gasteiger partial charge >= 0.3 is 6.03 Å². The molecule has 3 amide bonds. The standard InChI is InChI=1S/C17H18ClN3O3/c1-12(16(22)20-24)21(11-13-5-3-2-4-6-13)17(23)19-15-9-7-14(18)8-10-15/h2-10,12,24H,11H2,1H3,(H,19,23)(H,20,22)/t12-/m0/s1. The molecule has 0 saturated carbocycles. The van der Waals surface area contributed by atoms with Crippen LogP contribution in [0.3, 0.4) is 0 Å². The molecule has 126 valence electrons. The number of benzene rings is 2. The van der Waals surface area contributed by atoms with Crippen LogP contribution >= 0.6 is 11.6 Å². The minimum Gasteiger partial charge on any atom is -0.308 e. The Labute approximate surface area is 145 Å². The van der Waals surface area contributed by atoms with Crippen molar-refractivity contribution in [2.45, 2.75) is 19.5 Å². The minimum atomic E-state index is -0.859. The zero-order valence-corrected chi connectivity index (χ0v) is 13.8. The predicted octanol–water partition coefficient (Wildman–Crippen LogP) is 3.27. The summed E-state index contributed by atoms with van der Waals surface area (Å²) in [7, 11) is 0. The van der Waals surface area contributed by atoms with E-state index in [0.717, 1.165) is 5.56 Å². The number of rotatable bonds is 5. The highest BCUT2D eigenvalue weighted by Crippen LogP contribution is 2.16. The van der Waals surface area contributed by atoms with Crippen molar-refractivity contribution in [3.63, 3.8) is 0 Å². The fraction of sp³-hybridized carbons (Fsp3) is 0.176. The molecule has 0 bridgehead atoms. The number of carbonyl (C=O) groups is 2. The summed E-state index contributed by atoms with van der Waals surface area (Å²) < 4.78 is 0. The number of hydrogen-bond acceptors (Lipinski definition) is 3. The summed E-state index contributed by atoms with van der Waals surface area (Å²) in [6.07, 6.45) is 0. The Hall–Kier alpha value is -2.57. The highest BCUT2D eigenvalue weighted by atomic mass is 35.5. The summed E-state index contributed by atoms with van der Waals surface area (Å²) in [5.74, 6) is -0.669. The van der Waals surface area contributed by atoms with E-state index in [2.05, 4.69) is 5.32 Å². The van der Waals surface area contributed by atoms with Gasteiger partial charge in [-0.05, 0) is 36.8 Å². The van der Waals surface area contributed by atoms with Gasteiger partial charge in [-0.25, -0.2) is 10.3 Å². The average Bonchev–Trinajstić information content (AvgIpc) is 2.61. The molecule has 7 heteroatoms. The number of carbonyl (C=O) groups excluding carboxylic acids is 2. The Kier molecular flexibility index (Phi) is 6.17. The average molecular weight is 348 g/mol. The van der Waals surface area contributed by atoms with Crippen LogP contribution in [0, 0.1) is 0 Å². The van der Waals surface area contributed by atoms with Crippen molar-refractivity contribution < 1.29 is 14.8 Å². The molecule has 0 aliphatic heterocycles. The molecule has 2 aromatic carbocycles. The van der Waals surface area contributed by atoms with Gasteiger partial charge in [0.25, 0.3) is 5.91 Å². The molecular formula is C17H18ClN3O3. The van der Waals surface area contributed by atoms with Crippen LogP contribution < -0.4 is 10.8 Å². The molecule has 0 heterocycles. The maximum Gasteiger partial charge on any atom is 0.322 e. The Morgan fingerprint density at radius 3 is 2.33 bits per heavy atom. The smallest absolute Gasteiger partial charge is 0.308 e. The van der Waals surface area contributed by atoms with E-state index in [1.54, 1.807) is 29.7 Å². The Morgan fingerprint density at radius 1 is 1.12 bits per heavy atom. The van der Waals surface area contributed by atoms with Gasteiger partial charge in [0, 0.05) is 17.3 Å². The molecule has 2 aromatic rings. The lowest BCUT2D eigenvalue weighted by molar-refractivity contribution is -0.133. The molecule has 6 nitrogen and oxygen atoms in total. The molecule has 0 aliphatic rings. The number of hydrogen-bond donors (Lipinski definition) is 3. The second-order valence-electron chi connectivity index (χ2n) is 5.20. The van der Waals surface area contributed by atoms with E-state index >= 15 is 0 Å². The molecule has 0 radical (unpaired) electrons. The molecule has 0 spiro atoms. The van der Waals surface area contributed by atoms with E-state index in [9.17, 15) is 9.59 Å². The van der Waals surface area contributed by atoms with Gasteiger partial charge in [0.15, 0.2) is 0 Å². The second kappa shape index (κ2) is 8.33. The summed E-state index contributed by atoms with van der Waals surface area (Å²) in [6.45, 7) is 1.75. The maximum atomic E-state index is 12.6. The third-order valence-corrected chi connectivity index (χ3v) is 3.76. The van der Waals surface area contributed by atoms with Crippen molar-refractivity contribution in [2.24, 2.45) is 0 Å². The highest BCUT2D eigenvalue weighted by Gasteiger charge is 2.26. The van der Waals surface area contributed by atoms with E-state index in [1.807, 2.05) is 30.3 Å². The van der Waals surface area contributed by atoms with Gasteiger partial charge in [0.2, 0.25) is 0 Å². The van der Waals surface area contributed by atoms with Crippen LogP contribution in [-0.4, -0.2) is 28.1 Å². The first-order valence-corrected chi connectivity index (χ1v) is 7.70. The fourth-order valence-corrected chi connectivity index (χ4v) is 2.25. The number of urea groups is 1. The minimum absolute atomic E-state index is 0.217. The molecule has 0 unspecified atom stereocenters. The maximum absolute atomic E-state index is 12.6. The van der Waals surface area contributed by atoms with Gasteiger partial charge in [-0.1, -0.05) is 41.9 Å². The topological polar surface area (TPSA) is 81.7 Å². The predicted molar refractivity (Wildman–Crippen MR) is 91.8 cm³/mol. The van der Waals surface area contributed by atoms with Crippen molar-refractivity contribution in [2.75, 3.05) is 5.32 Å². The molecule has 0 saturated heterocycles. The molecule has 0 fully saturated rings. The monoisotopic (exact) mass is 347 g/mol. The summed E-state index contributed by atoms with van der Waals surface area (Å²) in [4.78, 5) is 25.7. The number of amides is 3.